The monoisotopic (exact) mass is 472 g/mol. The van der Waals surface area contributed by atoms with E-state index in [2.05, 4.69) is 63.7 Å². The number of piperidine rings is 1. The van der Waals surface area contributed by atoms with E-state index < -0.39 is 5.95 Å². The van der Waals surface area contributed by atoms with Crippen LogP contribution in [-0.2, 0) is 0 Å². The van der Waals surface area contributed by atoms with E-state index in [-0.39, 0.29) is 40.8 Å². The van der Waals surface area contributed by atoms with Gasteiger partial charge in [0, 0.05) is 16.6 Å². The fourth-order valence-corrected chi connectivity index (χ4v) is 4.96. The zero-order valence-electron chi connectivity index (χ0n) is 18.8. The van der Waals surface area contributed by atoms with Gasteiger partial charge in [-0.05, 0) is 64.3 Å². The van der Waals surface area contributed by atoms with Crippen molar-refractivity contribution in [1.82, 2.24) is 40.7 Å². The van der Waals surface area contributed by atoms with Crippen LogP contribution in [0.5, 0.6) is 5.75 Å². The van der Waals surface area contributed by atoms with Gasteiger partial charge in [-0.1, -0.05) is 11.3 Å². The number of benzene rings is 1. The summed E-state index contributed by atoms with van der Waals surface area (Å²) in [6, 6.07) is 6.76. The molecule has 3 aromatic heterocycles. The third-order valence-electron chi connectivity index (χ3n) is 5.91. The van der Waals surface area contributed by atoms with Gasteiger partial charge in [0.1, 0.15) is 11.3 Å². The summed E-state index contributed by atoms with van der Waals surface area (Å²) < 4.78 is 15.6. The van der Waals surface area contributed by atoms with E-state index in [1.807, 2.05) is 4.68 Å². The van der Waals surface area contributed by atoms with Crippen molar-refractivity contribution in [3.05, 3.63) is 36.4 Å². The SMILES string of the molecule is CC1(C)CC(n2nnc3cc(-c4ccc(-c5cn[nH]c5F)cc4O)nnc32)CC(C)(C)N1.Cl. The summed E-state index contributed by atoms with van der Waals surface area (Å²) in [7, 11) is 0. The molecule has 0 radical (unpaired) electrons. The number of H-pyrrole nitrogens is 1. The molecule has 0 unspecified atom stereocenters. The number of nitrogens with zero attached hydrogens (tertiary/aromatic N) is 6. The Morgan fingerprint density at radius 1 is 1.03 bits per heavy atom. The van der Waals surface area contributed by atoms with E-state index in [0.717, 1.165) is 12.8 Å². The molecule has 1 aromatic carbocycles. The molecule has 0 saturated carbocycles. The second kappa shape index (κ2) is 8.03. The Hall–Kier alpha value is -3.11. The van der Waals surface area contributed by atoms with Crippen LogP contribution in [0.4, 0.5) is 4.39 Å². The number of hydrogen-bond donors (Lipinski definition) is 3. The topological polar surface area (TPSA) is 117 Å². The van der Waals surface area contributed by atoms with Gasteiger partial charge >= 0.3 is 0 Å². The lowest BCUT2D eigenvalue weighted by Gasteiger charge is -2.46. The molecule has 33 heavy (non-hydrogen) atoms. The van der Waals surface area contributed by atoms with Gasteiger partial charge in [-0.3, -0.25) is 5.10 Å². The predicted octanol–water partition coefficient (Wildman–Crippen LogP) is 4.03. The molecule has 0 aliphatic carbocycles. The van der Waals surface area contributed by atoms with Crippen LogP contribution in [0.25, 0.3) is 33.5 Å². The number of halogens is 2. The van der Waals surface area contributed by atoms with Crippen molar-refractivity contribution < 1.29 is 9.50 Å². The molecular weight excluding hydrogens is 447 g/mol. The van der Waals surface area contributed by atoms with Crippen LogP contribution in [0.3, 0.4) is 0 Å². The maximum Gasteiger partial charge on any atom is 0.216 e. The van der Waals surface area contributed by atoms with Gasteiger partial charge < -0.3 is 10.4 Å². The molecule has 0 atom stereocenters. The van der Waals surface area contributed by atoms with Crippen molar-refractivity contribution in [1.29, 1.82) is 0 Å². The van der Waals surface area contributed by atoms with Gasteiger partial charge in [0.25, 0.3) is 0 Å². The highest BCUT2D eigenvalue weighted by Gasteiger charge is 2.39. The minimum Gasteiger partial charge on any atom is -0.507 e. The van der Waals surface area contributed by atoms with E-state index in [1.165, 1.54) is 12.3 Å². The quantitative estimate of drug-likeness (QED) is 0.412. The predicted molar refractivity (Wildman–Crippen MR) is 125 cm³/mol. The van der Waals surface area contributed by atoms with Crippen molar-refractivity contribution >= 4 is 23.6 Å². The minimum atomic E-state index is -0.556. The minimum absolute atomic E-state index is 0. The number of aromatic nitrogens is 7. The largest absolute Gasteiger partial charge is 0.507 e. The first-order chi connectivity index (χ1) is 15.1. The molecule has 174 valence electrons. The first kappa shape index (κ1) is 23.1. The van der Waals surface area contributed by atoms with Crippen LogP contribution in [0.2, 0.25) is 0 Å². The van der Waals surface area contributed by atoms with E-state index in [1.54, 1.807) is 18.2 Å². The molecule has 4 aromatic rings. The molecule has 1 fully saturated rings. The normalized spacial score (nSPS) is 17.7. The number of fused-ring (bicyclic) bond motifs is 1. The lowest BCUT2D eigenvalue weighted by Crippen LogP contribution is -2.58. The average Bonchev–Trinajstić information content (AvgIpc) is 3.31. The van der Waals surface area contributed by atoms with Crippen LogP contribution < -0.4 is 5.32 Å². The van der Waals surface area contributed by atoms with Crippen molar-refractivity contribution in [3.8, 4) is 28.1 Å². The molecule has 3 N–H and O–H groups in total. The van der Waals surface area contributed by atoms with Crippen LogP contribution >= 0.6 is 12.4 Å². The van der Waals surface area contributed by atoms with Crippen LogP contribution in [-0.4, -0.2) is 51.6 Å². The maximum absolute atomic E-state index is 13.8. The Balaban J connectivity index is 0.00000259. The molecule has 1 aliphatic rings. The number of nitrogens with one attached hydrogen (secondary N) is 2. The molecule has 5 rings (SSSR count). The van der Waals surface area contributed by atoms with Gasteiger partial charge in [-0.2, -0.15) is 9.49 Å². The van der Waals surface area contributed by atoms with Gasteiger partial charge in [0.15, 0.2) is 0 Å². The maximum atomic E-state index is 13.8. The van der Waals surface area contributed by atoms with E-state index >= 15 is 0 Å². The molecular formula is C22H26ClFN8O. The van der Waals surface area contributed by atoms with Gasteiger partial charge in [0.05, 0.1) is 23.5 Å². The summed E-state index contributed by atoms with van der Waals surface area (Å²) in [6.07, 6.45) is 3.16. The van der Waals surface area contributed by atoms with E-state index in [4.69, 9.17) is 0 Å². The van der Waals surface area contributed by atoms with Gasteiger partial charge in [-0.15, -0.1) is 27.7 Å². The average molecular weight is 473 g/mol. The number of phenolic OH excluding ortho intramolecular Hbond substituents is 1. The third-order valence-corrected chi connectivity index (χ3v) is 5.91. The number of hydrogen-bond acceptors (Lipinski definition) is 7. The molecule has 1 saturated heterocycles. The summed E-state index contributed by atoms with van der Waals surface area (Å²) in [6.45, 7) is 8.74. The second-order valence-electron chi connectivity index (χ2n) is 9.76. The summed E-state index contributed by atoms with van der Waals surface area (Å²) in [4.78, 5) is 0. The van der Waals surface area contributed by atoms with E-state index in [0.29, 0.717) is 28.0 Å². The smallest absolute Gasteiger partial charge is 0.216 e. The lowest BCUT2D eigenvalue weighted by molar-refractivity contribution is 0.127. The molecule has 4 heterocycles. The van der Waals surface area contributed by atoms with Crippen LogP contribution in [0.1, 0.15) is 46.6 Å². The fraction of sp³-hybridized carbons (Fsp3) is 0.409. The van der Waals surface area contributed by atoms with Crippen LogP contribution in [0.15, 0.2) is 30.5 Å². The summed E-state index contributed by atoms with van der Waals surface area (Å²) in [5.74, 6) is -0.592. The first-order valence-corrected chi connectivity index (χ1v) is 10.5. The highest BCUT2D eigenvalue weighted by Crippen LogP contribution is 2.37. The lowest BCUT2D eigenvalue weighted by atomic mass is 9.80. The standard InChI is InChI=1S/C22H25FN8O.ClH/c1-21(2)9-13(10-22(3,4)29-21)31-20-17(26-30-31)8-16(25-28-20)14-6-5-12(7-18(14)32)15-11-24-27-19(15)23;/h5-8,11,13,29,32H,9-10H2,1-4H3,(H,24,27);1H. The molecule has 0 amide bonds. The molecule has 11 heteroatoms. The zero-order valence-corrected chi connectivity index (χ0v) is 19.6. The summed E-state index contributed by atoms with van der Waals surface area (Å²) in [5, 5.41) is 37.6. The highest BCUT2D eigenvalue weighted by atomic mass is 35.5. The summed E-state index contributed by atoms with van der Waals surface area (Å²) >= 11 is 0. The molecule has 0 bridgehead atoms. The van der Waals surface area contributed by atoms with E-state index in [9.17, 15) is 9.50 Å². The number of phenols is 1. The Morgan fingerprint density at radius 2 is 1.76 bits per heavy atom. The van der Waals surface area contributed by atoms with Crippen molar-refractivity contribution in [3.63, 3.8) is 0 Å². The third kappa shape index (κ3) is 4.28. The Morgan fingerprint density at radius 3 is 2.39 bits per heavy atom. The van der Waals surface area contributed by atoms with Crippen molar-refractivity contribution in [2.24, 2.45) is 0 Å². The molecule has 1 aliphatic heterocycles. The zero-order chi connectivity index (χ0) is 22.7. The number of rotatable bonds is 3. The van der Waals surface area contributed by atoms with Gasteiger partial charge in [-0.25, -0.2) is 4.68 Å². The fourth-order valence-electron chi connectivity index (χ4n) is 4.96. The highest BCUT2D eigenvalue weighted by molar-refractivity contribution is 5.85. The Kier molecular flexibility index (Phi) is 5.61. The molecule has 9 nitrogen and oxygen atoms in total. The van der Waals surface area contributed by atoms with Crippen LogP contribution in [0, 0.1) is 5.95 Å². The van der Waals surface area contributed by atoms with Crippen molar-refractivity contribution in [2.75, 3.05) is 0 Å². The number of aromatic amines is 1. The summed E-state index contributed by atoms with van der Waals surface area (Å²) in [5.41, 5.74) is 2.87. The molecule has 0 spiro atoms. The Labute approximate surface area is 196 Å². The van der Waals surface area contributed by atoms with Gasteiger partial charge in [0.2, 0.25) is 11.6 Å². The first-order valence-electron chi connectivity index (χ1n) is 10.5. The second-order valence-corrected chi connectivity index (χ2v) is 9.76. The number of aromatic hydroxyl groups is 1. The van der Waals surface area contributed by atoms with Crippen molar-refractivity contribution in [2.45, 2.75) is 57.7 Å². The Bertz CT molecular complexity index is 1300.